The molecule has 0 aliphatic carbocycles. The van der Waals surface area contributed by atoms with Gasteiger partial charge >= 0.3 is 5.97 Å². The number of aromatic hydroxyl groups is 1. The van der Waals surface area contributed by atoms with E-state index in [1.807, 2.05) is 24.3 Å². The Morgan fingerprint density at radius 2 is 1.93 bits per heavy atom. The number of ether oxygens (including phenoxy) is 2. The zero-order valence-corrected chi connectivity index (χ0v) is 18.6. The van der Waals surface area contributed by atoms with Gasteiger partial charge < -0.3 is 20.3 Å². The van der Waals surface area contributed by atoms with Gasteiger partial charge in [-0.2, -0.15) is 0 Å². The van der Waals surface area contributed by atoms with Crippen LogP contribution < -0.4 is 5.73 Å². The summed E-state index contributed by atoms with van der Waals surface area (Å²) in [6, 6.07) is 11.0. The number of nitrogens with two attached hydrogens (primary N) is 1. The van der Waals surface area contributed by atoms with E-state index in [1.54, 1.807) is 12.1 Å². The average molecular weight is 432 g/mol. The van der Waals surface area contributed by atoms with Gasteiger partial charge in [0, 0.05) is 17.9 Å². The second-order valence-corrected chi connectivity index (χ2v) is 8.62. The van der Waals surface area contributed by atoms with Gasteiger partial charge in [-0.1, -0.05) is 50.6 Å². The van der Waals surface area contributed by atoms with Gasteiger partial charge in [-0.3, -0.25) is 4.79 Å². The number of phenols is 1. The highest BCUT2D eigenvalue weighted by Crippen LogP contribution is 2.42. The molecule has 1 heterocycles. The number of nitrogen functional groups attached to an aromatic ring is 1. The van der Waals surface area contributed by atoms with Gasteiger partial charge in [-0.15, -0.1) is 0 Å². The van der Waals surface area contributed by atoms with E-state index in [0.29, 0.717) is 17.1 Å². The fourth-order valence-corrected chi connectivity index (χ4v) is 4.43. The molecule has 1 aliphatic heterocycles. The summed E-state index contributed by atoms with van der Waals surface area (Å²) in [7, 11) is 0. The predicted molar refractivity (Wildman–Crippen MR) is 119 cm³/mol. The van der Waals surface area contributed by atoms with Crippen molar-refractivity contribution in [1.82, 2.24) is 0 Å². The summed E-state index contributed by atoms with van der Waals surface area (Å²) in [6.07, 6.45) is 0.824. The zero-order chi connectivity index (χ0) is 22.0. The normalized spacial score (nSPS) is 26.4. The minimum Gasteiger partial charge on any atom is -0.506 e. The maximum atomic E-state index is 11.8. The van der Waals surface area contributed by atoms with Gasteiger partial charge in [-0.25, -0.2) is 0 Å². The minimum absolute atomic E-state index is 0.0622. The lowest BCUT2D eigenvalue weighted by Gasteiger charge is -2.44. The molecule has 3 N–H and O–H groups in total. The summed E-state index contributed by atoms with van der Waals surface area (Å²) >= 11 is 6.48. The molecule has 2 aromatic rings. The predicted octanol–water partition coefficient (Wildman–Crippen LogP) is 5.27. The number of hydrogen-bond donors (Lipinski definition) is 2. The first-order valence-corrected chi connectivity index (χ1v) is 10.8. The van der Waals surface area contributed by atoms with Crippen molar-refractivity contribution >= 4 is 23.3 Å². The van der Waals surface area contributed by atoms with Crippen LogP contribution in [-0.4, -0.2) is 23.3 Å². The van der Waals surface area contributed by atoms with Crippen molar-refractivity contribution in [3.8, 4) is 5.75 Å². The van der Waals surface area contributed by atoms with Crippen molar-refractivity contribution in [1.29, 1.82) is 0 Å². The summed E-state index contributed by atoms with van der Waals surface area (Å²) in [5.74, 6) is 0.194. The maximum Gasteiger partial charge on any atom is 0.303 e. The highest BCUT2D eigenvalue weighted by atomic mass is 35.5. The molecule has 0 bridgehead atoms. The Balaban J connectivity index is 1.95. The van der Waals surface area contributed by atoms with Crippen LogP contribution in [0.5, 0.6) is 5.75 Å². The Bertz CT molecular complexity index is 916. The maximum absolute atomic E-state index is 11.8. The molecule has 162 valence electrons. The Labute approximate surface area is 183 Å². The highest BCUT2D eigenvalue weighted by molar-refractivity contribution is 6.31. The van der Waals surface area contributed by atoms with Crippen LogP contribution in [0, 0.1) is 11.8 Å². The van der Waals surface area contributed by atoms with E-state index in [-0.39, 0.29) is 41.9 Å². The average Bonchev–Trinajstić information content (AvgIpc) is 2.70. The number of benzene rings is 2. The van der Waals surface area contributed by atoms with Crippen molar-refractivity contribution in [3.05, 3.63) is 58.1 Å². The third kappa shape index (κ3) is 4.73. The van der Waals surface area contributed by atoms with Crippen LogP contribution in [-0.2, 0) is 20.7 Å². The van der Waals surface area contributed by atoms with Crippen LogP contribution in [0.25, 0.3) is 0 Å². The summed E-state index contributed by atoms with van der Waals surface area (Å²) in [5, 5.41) is 10.3. The first kappa shape index (κ1) is 22.4. The third-order valence-electron chi connectivity index (χ3n) is 6.14. The van der Waals surface area contributed by atoms with Crippen LogP contribution >= 0.6 is 11.6 Å². The minimum atomic E-state index is -0.362. The standard InChI is InChI=1S/C24H30ClNO4/c1-5-22-13(2)14(3)23(29-15(4)27)24(30-22)17-7-8-19(25)18(12-17)10-16-6-9-21(28)20(26)11-16/h6-9,11-14,22-24,28H,5,10,26H2,1-4H3/t13-,14-,22+,23+,24?/m0/s1. The van der Waals surface area contributed by atoms with Crippen LogP contribution in [0.1, 0.15) is 56.9 Å². The van der Waals surface area contributed by atoms with E-state index in [4.69, 9.17) is 26.8 Å². The zero-order valence-electron chi connectivity index (χ0n) is 17.9. The van der Waals surface area contributed by atoms with Crippen molar-refractivity contribution in [2.75, 3.05) is 5.73 Å². The van der Waals surface area contributed by atoms with Crippen LogP contribution in [0.2, 0.25) is 5.02 Å². The van der Waals surface area contributed by atoms with Crippen molar-refractivity contribution in [3.63, 3.8) is 0 Å². The summed E-state index contributed by atoms with van der Waals surface area (Å²) < 4.78 is 12.1. The Morgan fingerprint density at radius 3 is 2.57 bits per heavy atom. The number of esters is 1. The highest BCUT2D eigenvalue weighted by Gasteiger charge is 2.43. The van der Waals surface area contributed by atoms with Gasteiger partial charge in [0.1, 0.15) is 18.0 Å². The molecular formula is C24H30ClNO4. The molecule has 0 aromatic heterocycles. The summed E-state index contributed by atoms with van der Waals surface area (Å²) in [5.41, 5.74) is 8.96. The van der Waals surface area contributed by atoms with Gasteiger partial charge in [0.2, 0.25) is 0 Å². The number of rotatable bonds is 5. The number of carbonyl (C=O) groups excluding carboxylic acids is 1. The monoisotopic (exact) mass is 431 g/mol. The second kappa shape index (κ2) is 9.27. The molecule has 1 fully saturated rings. The van der Waals surface area contributed by atoms with Crippen LogP contribution in [0.15, 0.2) is 36.4 Å². The fraction of sp³-hybridized carbons (Fsp3) is 0.458. The molecule has 6 heteroatoms. The lowest BCUT2D eigenvalue weighted by atomic mass is 9.78. The van der Waals surface area contributed by atoms with Crippen molar-refractivity contribution in [2.45, 2.75) is 58.8 Å². The summed E-state index contributed by atoms with van der Waals surface area (Å²) in [4.78, 5) is 11.8. The fourth-order valence-electron chi connectivity index (χ4n) is 4.24. The number of phenolic OH excluding ortho intramolecular Hbond substituents is 1. The molecule has 0 amide bonds. The Kier molecular flexibility index (Phi) is 6.94. The number of anilines is 1. The first-order chi connectivity index (χ1) is 14.2. The lowest BCUT2D eigenvalue weighted by molar-refractivity contribution is -0.196. The molecular weight excluding hydrogens is 402 g/mol. The van der Waals surface area contributed by atoms with Gasteiger partial charge in [-0.05, 0) is 53.6 Å². The second-order valence-electron chi connectivity index (χ2n) is 8.22. The number of carbonyl (C=O) groups is 1. The molecule has 1 aliphatic rings. The van der Waals surface area contributed by atoms with Gasteiger partial charge in [0.05, 0.1) is 11.8 Å². The summed E-state index contributed by atoms with van der Waals surface area (Å²) in [6.45, 7) is 7.81. The van der Waals surface area contributed by atoms with E-state index >= 15 is 0 Å². The van der Waals surface area contributed by atoms with Crippen molar-refractivity contribution < 1.29 is 19.4 Å². The van der Waals surface area contributed by atoms with E-state index < -0.39 is 0 Å². The Hall–Kier alpha value is -2.24. The van der Waals surface area contributed by atoms with E-state index in [0.717, 1.165) is 23.1 Å². The molecule has 2 aromatic carbocycles. The topological polar surface area (TPSA) is 81.8 Å². The van der Waals surface area contributed by atoms with Crippen LogP contribution in [0.4, 0.5) is 5.69 Å². The van der Waals surface area contributed by atoms with Crippen molar-refractivity contribution in [2.24, 2.45) is 11.8 Å². The molecule has 1 saturated heterocycles. The number of halogens is 1. The molecule has 5 atom stereocenters. The quantitative estimate of drug-likeness (QED) is 0.382. The molecule has 0 saturated carbocycles. The molecule has 30 heavy (non-hydrogen) atoms. The molecule has 5 nitrogen and oxygen atoms in total. The van der Waals surface area contributed by atoms with E-state index in [2.05, 4.69) is 20.8 Å². The van der Waals surface area contributed by atoms with Gasteiger partial charge in [0.15, 0.2) is 0 Å². The molecule has 0 radical (unpaired) electrons. The Morgan fingerprint density at radius 1 is 1.20 bits per heavy atom. The smallest absolute Gasteiger partial charge is 0.303 e. The largest absolute Gasteiger partial charge is 0.506 e. The molecule has 3 rings (SSSR count). The first-order valence-electron chi connectivity index (χ1n) is 10.4. The lowest BCUT2D eigenvalue weighted by Crippen LogP contribution is -2.46. The SMILES string of the molecule is CC[C@H]1OC(c2ccc(Cl)c(Cc3ccc(O)c(N)c3)c2)[C@H](OC(C)=O)[C@@H](C)[C@@H]1C. The molecule has 1 unspecified atom stereocenters. The van der Waals surface area contributed by atoms with E-state index in [9.17, 15) is 9.90 Å². The van der Waals surface area contributed by atoms with Crippen LogP contribution in [0.3, 0.4) is 0 Å². The number of hydrogen-bond acceptors (Lipinski definition) is 5. The van der Waals surface area contributed by atoms with Gasteiger partial charge in [0.25, 0.3) is 0 Å². The third-order valence-corrected chi connectivity index (χ3v) is 6.51. The molecule has 0 spiro atoms. The van der Waals surface area contributed by atoms with E-state index in [1.165, 1.54) is 6.92 Å².